The van der Waals surface area contributed by atoms with Gasteiger partial charge in [0, 0.05) is 0 Å². The SMILES string of the molecule is COC(=O)Oc1ccc(C=NNC(=O)CN(c2ccc(OC)c(Cl)c2)S(=O)(=O)c2ccccc2)cc1OC. The maximum Gasteiger partial charge on any atom is 0.513 e. The molecule has 1 amide bonds. The zero-order valence-corrected chi connectivity index (χ0v) is 22.2. The average molecular weight is 562 g/mol. The fourth-order valence-corrected chi connectivity index (χ4v) is 4.86. The summed E-state index contributed by atoms with van der Waals surface area (Å²) < 4.78 is 47.5. The first-order valence-electron chi connectivity index (χ1n) is 10.9. The van der Waals surface area contributed by atoms with Gasteiger partial charge in [0.25, 0.3) is 15.9 Å². The molecular formula is C25H24ClN3O8S. The summed E-state index contributed by atoms with van der Waals surface area (Å²) in [5.74, 6) is -0.0205. The molecule has 0 bridgehead atoms. The Labute approximate surface area is 224 Å². The minimum absolute atomic E-state index is 0.00963. The Balaban J connectivity index is 1.81. The molecular weight excluding hydrogens is 538 g/mol. The van der Waals surface area contributed by atoms with E-state index in [2.05, 4.69) is 15.3 Å². The molecule has 0 saturated carbocycles. The fraction of sp³-hybridized carbons (Fsp3) is 0.160. The number of methoxy groups -OCH3 is 3. The van der Waals surface area contributed by atoms with Crippen molar-refractivity contribution in [2.45, 2.75) is 4.90 Å². The average Bonchev–Trinajstić information content (AvgIpc) is 2.92. The Hall–Kier alpha value is -4.29. The van der Waals surface area contributed by atoms with Crippen molar-refractivity contribution in [1.82, 2.24) is 5.43 Å². The molecule has 0 aliphatic rings. The second kappa shape index (κ2) is 12.8. The number of anilines is 1. The van der Waals surface area contributed by atoms with Crippen molar-refractivity contribution in [3.8, 4) is 17.2 Å². The monoisotopic (exact) mass is 561 g/mol. The third-order valence-electron chi connectivity index (χ3n) is 4.99. The van der Waals surface area contributed by atoms with Gasteiger partial charge in [-0.25, -0.2) is 18.6 Å². The van der Waals surface area contributed by atoms with Crippen LogP contribution in [0.25, 0.3) is 0 Å². The van der Waals surface area contributed by atoms with Crippen LogP contribution >= 0.6 is 11.6 Å². The maximum absolute atomic E-state index is 13.4. The summed E-state index contributed by atoms with van der Waals surface area (Å²) in [5, 5.41) is 4.06. The number of amides is 1. The summed E-state index contributed by atoms with van der Waals surface area (Å²) in [7, 11) is -0.146. The minimum Gasteiger partial charge on any atom is -0.495 e. The number of ether oxygens (including phenoxy) is 4. The van der Waals surface area contributed by atoms with E-state index in [0.29, 0.717) is 11.3 Å². The Morgan fingerprint density at radius 1 is 0.947 bits per heavy atom. The molecule has 13 heteroatoms. The van der Waals surface area contributed by atoms with Crippen molar-refractivity contribution in [2.75, 3.05) is 32.2 Å². The number of carbonyl (C=O) groups is 2. The molecule has 1 N–H and O–H groups in total. The molecule has 0 heterocycles. The van der Waals surface area contributed by atoms with Gasteiger partial charge in [0.1, 0.15) is 12.3 Å². The van der Waals surface area contributed by atoms with E-state index < -0.39 is 28.6 Å². The highest BCUT2D eigenvalue weighted by atomic mass is 35.5. The Morgan fingerprint density at radius 3 is 2.26 bits per heavy atom. The van der Waals surface area contributed by atoms with Gasteiger partial charge in [-0.15, -0.1) is 0 Å². The zero-order valence-electron chi connectivity index (χ0n) is 20.6. The van der Waals surface area contributed by atoms with Gasteiger partial charge in [-0.05, 0) is 54.1 Å². The van der Waals surface area contributed by atoms with Crippen molar-refractivity contribution >= 4 is 45.6 Å². The Kier molecular flexibility index (Phi) is 9.52. The fourth-order valence-electron chi connectivity index (χ4n) is 3.17. The van der Waals surface area contributed by atoms with Gasteiger partial charge in [0.2, 0.25) is 0 Å². The van der Waals surface area contributed by atoms with Gasteiger partial charge < -0.3 is 18.9 Å². The summed E-state index contributed by atoms with van der Waals surface area (Å²) in [6.07, 6.45) is 0.396. The molecule has 0 saturated heterocycles. The highest BCUT2D eigenvalue weighted by molar-refractivity contribution is 7.92. The van der Waals surface area contributed by atoms with Crippen LogP contribution < -0.4 is 23.9 Å². The van der Waals surface area contributed by atoms with Crippen LogP contribution in [0, 0.1) is 0 Å². The largest absolute Gasteiger partial charge is 0.513 e. The number of carbonyl (C=O) groups excluding carboxylic acids is 2. The van der Waals surface area contributed by atoms with Gasteiger partial charge >= 0.3 is 6.16 Å². The number of sulfonamides is 1. The number of hydrogen-bond donors (Lipinski definition) is 1. The molecule has 0 atom stereocenters. The molecule has 3 aromatic rings. The topological polar surface area (TPSA) is 133 Å². The lowest BCUT2D eigenvalue weighted by atomic mass is 10.2. The van der Waals surface area contributed by atoms with Crippen molar-refractivity contribution in [3.05, 3.63) is 77.3 Å². The van der Waals surface area contributed by atoms with E-state index in [4.69, 9.17) is 25.8 Å². The second-order valence-corrected chi connectivity index (χ2v) is 9.67. The summed E-state index contributed by atoms with van der Waals surface area (Å²) in [5.41, 5.74) is 2.96. The predicted molar refractivity (Wildman–Crippen MR) is 141 cm³/mol. The van der Waals surface area contributed by atoms with Gasteiger partial charge in [-0.3, -0.25) is 9.10 Å². The van der Waals surface area contributed by atoms with E-state index >= 15 is 0 Å². The first kappa shape index (κ1) is 28.3. The van der Waals surface area contributed by atoms with Gasteiger partial charge in [0.15, 0.2) is 11.5 Å². The number of nitrogens with zero attached hydrogens (tertiary/aromatic N) is 2. The maximum atomic E-state index is 13.4. The first-order valence-corrected chi connectivity index (χ1v) is 12.7. The Bertz CT molecular complexity index is 1430. The third kappa shape index (κ3) is 6.93. The zero-order chi connectivity index (χ0) is 27.7. The van der Waals surface area contributed by atoms with Crippen molar-refractivity contribution in [3.63, 3.8) is 0 Å². The summed E-state index contributed by atoms with van der Waals surface area (Å²) in [6.45, 7) is -0.591. The van der Waals surface area contributed by atoms with E-state index in [1.165, 1.54) is 70.0 Å². The van der Waals surface area contributed by atoms with Crippen LogP contribution in [0.4, 0.5) is 10.5 Å². The van der Waals surface area contributed by atoms with Crippen LogP contribution in [0.2, 0.25) is 5.02 Å². The highest BCUT2D eigenvalue weighted by Crippen LogP contribution is 2.32. The molecule has 0 aromatic heterocycles. The molecule has 0 spiro atoms. The number of hydrazone groups is 1. The highest BCUT2D eigenvalue weighted by Gasteiger charge is 2.27. The molecule has 200 valence electrons. The van der Waals surface area contributed by atoms with E-state index in [-0.39, 0.29) is 27.1 Å². The van der Waals surface area contributed by atoms with Crippen LogP contribution in [0.5, 0.6) is 17.2 Å². The van der Waals surface area contributed by atoms with E-state index in [9.17, 15) is 18.0 Å². The molecule has 0 aliphatic heterocycles. The third-order valence-corrected chi connectivity index (χ3v) is 7.08. The molecule has 0 unspecified atom stereocenters. The van der Waals surface area contributed by atoms with E-state index in [0.717, 1.165) is 4.31 Å². The molecule has 3 aromatic carbocycles. The van der Waals surface area contributed by atoms with Gasteiger partial charge in [0.05, 0.1) is 43.1 Å². The molecule has 0 aliphatic carbocycles. The van der Waals surface area contributed by atoms with Crippen molar-refractivity contribution < 1.29 is 37.0 Å². The summed E-state index contributed by atoms with van der Waals surface area (Å²) in [4.78, 5) is 24.1. The van der Waals surface area contributed by atoms with Crippen molar-refractivity contribution in [1.29, 1.82) is 0 Å². The minimum atomic E-state index is -4.14. The first-order chi connectivity index (χ1) is 18.2. The molecule has 0 fully saturated rings. The number of hydrogen-bond acceptors (Lipinski definition) is 9. The second-order valence-electron chi connectivity index (χ2n) is 7.40. The number of rotatable bonds is 10. The molecule has 11 nitrogen and oxygen atoms in total. The molecule has 3 rings (SSSR count). The van der Waals surface area contributed by atoms with E-state index in [1.54, 1.807) is 24.3 Å². The van der Waals surface area contributed by atoms with Gasteiger partial charge in [-0.2, -0.15) is 5.10 Å². The van der Waals surface area contributed by atoms with Crippen LogP contribution in [-0.4, -0.2) is 54.6 Å². The van der Waals surface area contributed by atoms with Crippen LogP contribution in [0.3, 0.4) is 0 Å². The number of benzene rings is 3. The van der Waals surface area contributed by atoms with Crippen LogP contribution in [-0.2, 0) is 19.6 Å². The lowest BCUT2D eigenvalue weighted by Crippen LogP contribution is -2.39. The molecule has 0 radical (unpaired) electrons. The quantitative estimate of drug-likeness (QED) is 0.171. The lowest BCUT2D eigenvalue weighted by molar-refractivity contribution is -0.119. The Morgan fingerprint density at radius 2 is 1.63 bits per heavy atom. The summed E-state index contributed by atoms with van der Waals surface area (Å²) >= 11 is 6.21. The summed E-state index contributed by atoms with van der Waals surface area (Å²) in [6, 6.07) is 16.6. The normalized spacial score (nSPS) is 11.1. The lowest BCUT2D eigenvalue weighted by Gasteiger charge is -2.24. The molecule has 38 heavy (non-hydrogen) atoms. The smallest absolute Gasteiger partial charge is 0.495 e. The predicted octanol–water partition coefficient (Wildman–Crippen LogP) is 3.85. The standard InChI is InChI=1S/C25H24ClN3O8S/c1-34-21-12-10-18(14-20(21)26)29(38(32,33)19-7-5-4-6-8-19)16-24(30)28-27-15-17-9-11-22(23(13-17)35-2)37-25(31)36-3/h4-15H,16H2,1-3H3,(H,28,30). The van der Waals surface area contributed by atoms with Crippen molar-refractivity contribution in [2.24, 2.45) is 5.10 Å². The van der Waals surface area contributed by atoms with Gasteiger partial charge in [-0.1, -0.05) is 29.8 Å². The van der Waals surface area contributed by atoms with Crippen LogP contribution in [0.15, 0.2) is 76.7 Å². The van der Waals surface area contributed by atoms with E-state index in [1.807, 2.05) is 0 Å². The van der Waals surface area contributed by atoms with Crippen LogP contribution in [0.1, 0.15) is 5.56 Å². The number of halogens is 1. The number of nitrogens with one attached hydrogen (secondary N) is 1.